The summed E-state index contributed by atoms with van der Waals surface area (Å²) in [5.74, 6) is -0.721. The maximum Gasteiger partial charge on any atom is 0.295 e. The van der Waals surface area contributed by atoms with E-state index in [1.807, 2.05) is 6.92 Å². The highest BCUT2D eigenvalue weighted by Gasteiger charge is 2.21. The van der Waals surface area contributed by atoms with Crippen LogP contribution in [0.4, 0.5) is 15.8 Å². The Balaban J connectivity index is 3.28. The van der Waals surface area contributed by atoms with Crippen molar-refractivity contribution in [2.45, 2.75) is 13.3 Å². The van der Waals surface area contributed by atoms with Crippen molar-refractivity contribution in [3.05, 3.63) is 28.1 Å². The Morgan fingerprint density at radius 2 is 2.18 bits per heavy atom. The van der Waals surface area contributed by atoms with E-state index in [1.54, 1.807) is 11.9 Å². The zero-order valence-electron chi connectivity index (χ0n) is 10.1. The van der Waals surface area contributed by atoms with Crippen molar-refractivity contribution in [2.75, 3.05) is 25.6 Å². The summed E-state index contributed by atoms with van der Waals surface area (Å²) >= 11 is 0. The molecule has 0 radical (unpaired) electrons. The van der Waals surface area contributed by atoms with E-state index in [-0.39, 0.29) is 11.4 Å². The molecule has 0 N–H and O–H groups in total. The molecular formula is C11H15FN2O3. The number of hydrogen-bond acceptors (Lipinski definition) is 4. The van der Waals surface area contributed by atoms with Crippen molar-refractivity contribution in [3.63, 3.8) is 0 Å². The molecule has 1 aromatic carbocycles. The monoisotopic (exact) mass is 242 g/mol. The number of nitro groups is 1. The summed E-state index contributed by atoms with van der Waals surface area (Å²) in [6, 6.07) is 2.24. The Kier molecular flexibility index (Phi) is 4.25. The van der Waals surface area contributed by atoms with E-state index in [9.17, 15) is 14.5 Å². The number of halogens is 1. The number of anilines is 1. The third kappa shape index (κ3) is 2.83. The van der Waals surface area contributed by atoms with E-state index < -0.39 is 10.7 Å². The first-order valence-corrected chi connectivity index (χ1v) is 5.24. The van der Waals surface area contributed by atoms with Gasteiger partial charge in [0.05, 0.1) is 18.1 Å². The van der Waals surface area contributed by atoms with Gasteiger partial charge < -0.3 is 9.64 Å². The lowest BCUT2D eigenvalue weighted by Crippen LogP contribution is -2.19. The third-order valence-electron chi connectivity index (χ3n) is 2.42. The van der Waals surface area contributed by atoms with Crippen molar-refractivity contribution < 1.29 is 14.1 Å². The number of nitrogens with zero attached hydrogens (tertiary/aromatic N) is 2. The lowest BCUT2D eigenvalue weighted by Gasteiger charge is -2.19. The van der Waals surface area contributed by atoms with Gasteiger partial charge >= 0.3 is 0 Å². The summed E-state index contributed by atoms with van der Waals surface area (Å²) in [5, 5.41) is 10.9. The van der Waals surface area contributed by atoms with Crippen LogP contribution in [0.3, 0.4) is 0 Å². The van der Waals surface area contributed by atoms with Crippen LogP contribution in [-0.4, -0.2) is 25.6 Å². The molecule has 1 aromatic rings. The molecule has 0 fully saturated rings. The van der Waals surface area contributed by atoms with Crippen molar-refractivity contribution >= 4 is 11.4 Å². The van der Waals surface area contributed by atoms with Crippen LogP contribution in [0.1, 0.15) is 13.3 Å². The smallest absolute Gasteiger partial charge is 0.295 e. The highest BCUT2D eigenvalue weighted by molar-refractivity contribution is 5.65. The summed E-state index contributed by atoms with van der Waals surface area (Å²) in [7, 11) is 3.05. The molecule has 94 valence electrons. The molecular weight excluding hydrogens is 227 g/mol. The number of hydrogen-bond donors (Lipinski definition) is 0. The fourth-order valence-corrected chi connectivity index (χ4v) is 1.60. The van der Waals surface area contributed by atoms with Gasteiger partial charge in [-0.3, -0.25) is 10.1 Å². The Bertz CT molecular complexity index is 423. The summed E-state index contributed by atoms with van der Waals surface area (Å²) in [5.41, 5.74) is 0.106. The van der Waals surface area contributed by atoms with Crippen molar-refractivity contribution in [1.29, 1.82) is 0 Å². The molecule has 0 saturated carbocycles. The number of benzene rings is 1. The Morgan fingerprint density at radius 3 is 2.65 bits per heavy atom. The predicted molar refractivity (Wildman–Crippen MR) is 63.2 cm³/mol. The van der Waals surface area contributed by atoms with Crippen LogP contribution in [0.2, 0.25) is 0 Å². The molecule has 0 saturated heterocycles. The molecule has 0 aliphatic heterocycles. The molecule has 0 amide bonds. The van der Waals surface area contributed by atoms with Gasteiger partial charge in [-0.05, 0) is 6.42 Å². The summed E-state index contributed by atoms with van der Waals surface area (Å²) < 4.78 is 18.2. The van der Waals surface area contributed by atoms with Gasteiger partial charge in [0.15, 0.2) is 11.6 Å². The molecule has 0 heterocycles. The van der Waals surface area contributed by atoms with Crippen LogP contribution in [0.15, 0.2) is 12.1 Å². The zero-order chi connectivity index (χ0) is 13.0. The average Bonchev–Trinajstić information content (AvgIpc) is 2.28. The standard InChI is InChI=1S/C11H15FN2O3/c1-4-5-13(2)9-7-11(17-3)8(12)6-10(9)14(15)16/h6-7H,4-5H2,1-3H3. The average molecular weight is 242 g/mol. The Morgan fingerprint density at radius 1 is 1.53 bits per heavy atom. The molecule has 0 aliphatic carbocycles. The normalized spacial score (nSPS) is 10.1. The van der Waals surface area contributed by atoms with Gasteiger partial charge in [0.1, 0.15) is 5.69 Å². The van der Waals surface area contributed by atoms with Crippen molar-refractivity contribution in [1.82, 2.24) is 0 Å². The second kappa shape index (κ2) is 5.47. The topological polar surface area (TPSA) is 55.6 Å². The van der Waals surface area contributed by atoms with E-state index in [1.165, 1.54) is 13.2 Å². The van der Waals surface area contributed by atoms with Gasteiger partial charge in [-0.2, -0.15) is 0 Å². The van der Waals surface area contributed by atoms with Crippen molar-refractivity contribution in [2.24, 2.45) is 0 Å². The minimum atomic E-state index is -0.729. The van der Waals surface area contributed by atoms with Gasteiger partial charge in [0, 0.05) is 19.7 Å². The largest absolute Gasteiger partial charge is 0.494 e. The van der Waals surface area contributed by atoms with E-state index in [2.05, 4.69) is 0 Å². The number of nitro benzene ring substituents is 1. The Hall–Kier alpha value is -1.85. The second-order valence-corrected chi connectivity index (χ2v) is 3.65. The summed E-state index contributed by atoms with van der Waals surface area (Å²) in [6.07, 6.45) is 0.841. The fourth-order valence-electron chi connectivity index (χ4n) is 1.60. The lowest BCUT2D eigenvalue weighted by atomic mass is 10.2. The first-order valence-electron chi connectivity index (χ1n) is 5.24. The second-order valence-electron chi connectivity index (χ2n) is 3.65. The number of ether oxygens (including phenoxy) is 1. The minimum absolute atomic E-state index is 0.00792. The van der Waals surface area contributed by atoms with Gasteiger partial charge in [-0.25, -0.2) is 4.39 Å². The van der Waals surface area contributed by atoms with Crippen LogP contribution in [0.25, 0.3) is 0 Å². The molecule has 0 spiro atoms. The molecule has 17 heavy (non-hydrogen) atoms. The SMILES string of the molecule is CCCN(C)c1cc(OC)c(F)cc1[N+](=O)[O-]. The van der Waals surface area contributed by atoms with Crippen LogP contribution in [0.5, 0.6) is 5.75 Å². The van der Waals surface area contributed by atoms with Crippen LogP contribution in [0, 0.1) is 15.9 Å². The van der Waals surface area contributed by atoms with Gasteiger partial charge in [0.25, 0.3) is 5.69 Å². The highest BCUT2D eigenvalue weighted by atomic mass is 19.1. The molecule has 5 nitrogen and oxygen atoms in total. The maximum absolute atomic E-state index is 13.4. The molecule has 1 rings (SSSR count). The van der Waals surface area contributed by atoms with Gasteiger partial charge in [-0.1, -0.05) is 6.92 Å². The lowest BCUT2D eigenvalue weighted by molar-refractivity contribution is -0.384. The molecule has 0 bridgehead atoms. The van der Waals surface area contributed by atoms with Crippen LogP contribution < -0.4 is 9.64 Å². The zero-order valence-corrected chi connectivity index (χ0v) is 10.1. The van der Waals surface area contributed by atoms with Gasteiger partial charge in [0.2, 0.25) is 0 Å². The summed E-state index contributed by atoms with van der Waals surface area (Å²) in [4.78, 5) is 12.0. The van der Waals surface area contributed by atoms with E-state index >= 15 is 0 Å². The molecule has 0 aliphatic rings. The maximum atomic E-state index is 13.4. The summed E-state index contributed by atoms with van der Waals surface area (Å²) in [6.45, 7) is 2.61. The fraction of sp³-hybridized carbons (Fsp3) is 0.455. The molecule has 0 aromatic heterocycles. The molecule has 0 unspecified atom stereocenters. The van der Waals surface area contributed by atoms with Crippen LogP contribution >= 0.6 is 0 Å². The van der Waals surface area contributed by atoms with E-state index in [0.717, 1.165) is 12.5 Å². The van der Waals surface area contributed by atoms with Crippen molar-refractivity contribution in [3.8, 4) is 5.75 Å². The predicted octanol–water partition coefficient (Wildman–Crippen LogP) is 2.59. The third-order valence-corrected chi connectivity index (χ3v) is 2.42. The Labute approximate surface area is 98.9 Å². The highest BCUT2D eigenvalue weighted by Crippen LogP contribution is 2.33. The molecule has 0 atom stereocenters. The van der Waals surface area contributed by atoms with E-state index in [4.69, 9.17) is 4.74 Å². The first kappa shape index (κ1) is 13.2. The number of methoxy groups -OCH3 is 1. The first-order chi connectivity index (χ1) is 8.01. The van der Waals surface area contributed by atoms with E-state index in [0.29, 0.717) is 12.2 Å². The number of rotatable bonds is 5. The molecule has 6 heteroatoms. The minimum Gasteiger partial charge on any atom is -0.494 e. The van der Waals surface area contributed by atoms with Crippen LogP contribution in [-0.2, 0) is 0 Å². The quantitative estimate of drug-likeness (QED) is 0.588. The van der Waals surface area contributed by atoms with Gasteiger partial charge in [-0.15, -0.1) is 0 Å².